The summed E-state index contributed by atoms with van der Waals surface area (Å²) in [6.07, 6.45) is -2.60. The molecule has 0 aromatic carbocycles. The van der Waals surface area contributed by atoms with Gasteiger partial charge < -0.3 is 5.73 Å². The second-order valence-electron chi connectivity index (χ2n) is 3.95. The van der Waals surface area contributed by atoms with Gasteiger partial charge in [-0.3, -0.25) is 4.72 Å². The van der Waals surface area contributed by atoms with Crippen LogP contribution in [0, 0.1) is 0 Å². The summed E-state index contributed by atoms with van der Waals surface area (Å²) in [4.78, 5) is 6.65. The second kappa shape index (κ2) is 5.20. The van der Waals surface area contributed by atoms with Crippen LogP contribution in [0.5, 0.6) is 0 Å². The van der Waals surface area contributed by atoms with Crippen LogP contribution in [0.1, 0.15) is 5.69 Å². The van der Waals surface area contributed by atoms with Gasteiger partial charge in [0.2, 0.25) is 0 Å². The molecule has 0 bridgehead atoms. The van der Waals surface area contributed by atoms with Gasteiger partial charge in [-0.05, 0) is 18.2 Å². The van der Waals surface area contributed by atoms with E-state index >= 15 is 0 Å². The number of sulfonamides is 1. The largest absolute Gasteiger partial charge is 0.433 e. The molecule has 2 aromatic rings. The van der Waals surface area contributed by atoms with Crippen molar-refractivity contribution in [1.29, 1.82) is 0 Å². The summed E-state index contributed by atoms with van der Waals surface area (Å²) in [5, 5.41) is 0. The number of nitrogen functional groups attached to an aromatic ring is 1. The van der Waals surface area contributed by atoms with E-state index in [-0.39, 0.29) is 16.4 Å². The zero-order valence-electron chi connectivity index (χ0n) is 10.3. The molecule has 0 radical (unpaired) electrons. The van der Waals surface area contributed by atoms with Crippen molar-refractivity contribution in [1.82, 2.24) is 9.97 Å². The quantitative estimate of drug-likeness (QED) is 0.900. The maximum Gasteiger partial charge on any atom is 0.433 e. The normalized spacial score (nSPS) is 12.1. The molecule has 21 heavy (non-hydrogen) atoms. The molecule has 112 valence electrons. The fraction of sp³-hybridized carbons (Fsp3) is 0.0909. The molecule has 0 amide bonds. The first-order valence-electron chi connectivity index (χ1n) is 5.46. The van der Waals surface area contributed by atoms with Crippen molar-refractivity contribution >= 4 is 21.5 Å². The molecule has 0 aliphatic heterocycles. The third-order valence-corrected chi connectivity index (χ3v) is 3.75. The van der Waals surface area contributed by atoms with Crippen molar-refractivity contribution < 1.29 is 21.6 Å². The Kier molecular flexibility index (Phi) is 3.73. The minimum Gasteiger partial charge on any atom is -0.384 e. The predicted molar refractivity (Wildman–Crippen MR) is 68.7 cm³/mol. The molecule has 0 aliphatic carbocycles. The molecule has 6 nitrogen and oxygen atoms in total. The predicted octanol–water partition coefficient (Wildman–Crippen LogP) is 1.88. The maximum absolute atomic E-state index is 12.3. The van der Waals surface area contributed by atoms with Crippen LogP contribution in [0.2, 0.25) is 0 Å². The van der Waals surface area contributed by atoms with Crippen LogP contribution < -0.4 is 10.5 Å². The molecular weight excluding hydrogens is 309 g/mol. The van der Waals surface area contributed by atoms with Gasteiger partial charge in [0, 0.05) is 12.3 Å². The average molecular weight is 318 g/mol. The highest BCUT2D eigenvalue weighted by Crippen LogP contribution is 2.28. The number of anilines is 2. The Labute approximate surface area is 117 Å². The van der Waals surface area contributed by atoms with Crippen LogP contribution in [-0.4, -0.2) is 18.4 Å². The molecule has 2 aromatic heterocycles. The number of halogens is 3. The summed E-state index contributed by atoms with van der Waals surface area (Å²) in [6, 6.07) is 3.98. The molecule has 0 aliphatic rings. The number of hydrogen-bond donors (Lipinski definition) is 2. The van der Waals surface area contributed by atoms with E-state index in [0.29, 0.717) is 6.07 Å². The number of alkyl halides is 3. The first-order chi connectivity index (χ1) is 9.68. The number of aromatic nitrogens is 2. The van der Waals surface area contributed by atoms with E-state index in [1.54, 1.807) is 0 Å². The lowest BCUT2D eigenvalue weighted by molar-refractivity contribution is -0.141. The average Bonchev–Trinajstić information content (AvgIpc) is 2.38. The zero-order valence-corrected chi connectivity index (χ0v) is 11.1. The molecule has 3 N–H and O–H groups in total. The van der Waals surface area contributed by atoms with E-state index in [0.717, 1.165) is 18.3 Å². The number of nitrogens with one attached hydrogen (secondary N) is 1. The number of rotatable bonds is 3. The van der Waals surface area contributed by atoms with E-state index in [4.69, 9.17) is 5.73 Å². The molecular formula is C11H9F3N4O2S. The minimum atomic E-state index is -4.59. The van der Waals surface area contributed by atoms with Crippen molar-refractivity contribution in [3.63, 3.8) is 0 Å². The van der Waals surface area contributed by atoms with E-state index in [1.807, 2.05) is 0 Å². The Balaban J connectivity index is 2.25. The fourth-order valence-corrected chi connectivity index (χ4v) is 2.50. The summed E-state index contributed by atoms with van der Waals surface area (Å²) in [5.41, 5.74) is 4.16. The van der Waals surface area contributed by atoms with Crippen LogP contribution in [0.25, 0.3) is 0 Å². The lowest BCUT2D eigenvalue weighted by atomic mass is 10.3. The maximum atomic E-state index is 12.3. The third kappa shape index (κ3) is 3.60. The number of hydrogen-bond acceptors (Lipinski definition) is 5. The van der Waals surface area contributed by atoms with Crippen molar-refractivity contribution in [3.8, 4) is 0 Å². The second-order valence-corrected chi connectivity index (χ2v) is 5.63. The third-order valence-electron chi connectivity index (χ3n) is 2.37. The number of nitrogens with zero attached hydrogens (tertiary/aromatic N) is 2. The summed E-state index contributed by atoms with van der Waals surface area (Å²) >= 11 is 0. The Hall–Kier alpha value is -2.36. The highest BCUT2D eigenvalue weighted by atomic mass is 32.2. The summed E-state index contributed by atoms with van der Waals surface area (Å²) < 4.78 is 63.1. The van der Waals surface area contributed by atoms with Crippen LogP contribution in [0.4, 0.5) is 24.7 Å². The fourth-order valence-electron chi connectivity index (χ4n) is 1.43. The van der Waals surface area contributed by atoms with Gasteiger partial charge in [-0.25, -0.2) is 18.4 Å². The molecule has 2 rings (SSSR count). The minimum absolute atomic E-state index is 0.00317. The van der Waals surface area contributed by atoms with Crippen molar-refractivity contribution in [2.45, 2.75) is 11.1 Å². The van der Waals surface area contributed by atoms with E-state index in [2.05, 4.69) is 14.7 Å². The Morgan fingerprint density at radius 3 is 2.38 bits per heavy atom. The zero-order chi connectivity index (χ0) is 15.7. The van der Waals surface area contributed by atoms with Gasteiger partial charge in [0.25, 0.3) is 10.0 Å². The first-order valence-corrected chi connectivity index (χ1v) is 6.94. The standard InChI is InChI=1S/C11H9F3N4O2S/c12-11(13,14)9-2-1-7(6-17-9)18-21(19,20)8-3-4-16-10(15)5-8/h1-6,18H,(H2,15,16). The van der Waals surface area contributed by atoms with Crippen LogP contribution in [-0.2, 0) is 16.2 Å². The molecule has 0 unspecified atom stereocenters. The van der Waals surface area contributed by atoms with Crippen molar-refractivity contribution in [3.05, 3.63) is 42.4 Å². The molecule has 0 atom stereocenters. The monoisotopic (exact) mass is 318 g/mol. The Morgan fingerprint density at radius 2 is 1.86 bits per heavy atom. The van der Waals surface area contributed by atoms with Gasteiger partial charge in [-0.15, -0.1) is 0 Å². The van der Waals surface area contributed by atoms with Gasteiger partial charge in [-0.2, -0.15) is 13.2 Å². The van der Waals surface area contributed by atoms with Gasteiger partial charge >= 0.3 is 6.18 Å². The molecule has 0 spiro atoms. The van der Waals surface area contributed by atoms with Crippen molar-refractivity contribution in [2.75, 3.05) is 10.5 Å². The van der Waals surface area contributed by atoms with Crippen LogP contribution in [0.15, 0.2) is 41.6 Å². The Morgan fingerprint density at radius 1 is 1.14 bits per heavy atom. The van der Waals surface area contributed by atoms with Crippen LogP contribution in [0.3, 0.4) is 0 Å². The lowest BCUT2D eigenvalue weighted by Crippen LogP contribution is -2.14. The number of pyridine rings is 2. The molecule has 0 fully saturated rings. The summed E-state index contributed by atoms with van der Waals surface area (Å²) in [6.45, 7) is 0. The molecule has 10 heteroatoms. The van der Waals surface area contributed by atoms with E-state index in [9.17, 15) is 21.6 Å². The molecule has 0 saturated carbocycles. The van der Waals surface area contributed by atoms with Gasteiger partial charge in [0.05, 0.1) is 16.8 Å². The summed E-state index contributed by atoms with van der Waals surface area (Å²) in [7, 11) is -3.98. The summed E-state index contributed by atoms with van der Waals surface area (Å²) in [5.74, 6) is 0.00317. The van der Waals surface area contributed by atoms with Gasteiger partial charge in [-0.1, -0.05) is 0 Å². The smallest absolute Gasteiger partial charge is 0.384 e. The number of nitrogens with two attached hydrogens (primary N) is 1. The highest BCUT2D eigenvalue weighted by Gasteiger charge is 2.32. The molecule has 0 saturated heterocycles. The lowest BCUT2D eigenvalue weighted by Gasteiger charge is -2.09. The van der Waals surface area contributed by atoms with Crippen molar-refractivity contribution in [2.24, 2.45) is 0 Å². The van der Waals surface area contributed by atoms with Crippen LogP contribution >= 0.6 is 0 Å². The highest BCUT2D eigenvalue weighted by molar-refractivity contribution is 7.92. The Bertz CT molecular complexity index is 745. The van der Waals surface area contributed by atoms with E-state index < -0.39 is 21.9 Å². The molecule has 2 heterocycles. The van der Waals surface area contributed by atoms with Gasteiger partial charge in [0.1, 0.15) is 11.5 Å². The topological polar surface area (TPSA) is 98.0 Å². The van der Waals surface area contributed by atoms with E-state index in [1.165, 1.54) is 12.3 Å². The SMILES string of the molecule is Nc1cc(S(=O)(=O)Nc2ccc(C(F)(F)F)nc2)ccn1. The van der Waals surface area contributed by atoms with Gasteiger partial charge in [0.15, 0.2) is 0 Å². The first kappa shape index (κ1) is 15.0.